The van der Waals surface area contributed by atoms with E-state index in [0.717, 1.165) is 29.0 Å². The van der Waals surface area contributed by atoms with E-state index in [2.05, 4.69) is 25.0 Å². The highest BCUT2D eigenvalue weighted by atomic mass is 32.2. The molecule has 4 bridgehead atoms. The molecule has 0 spiro atoms. The number of alkyl halides is 3. The number of carbonyl (C=O) groups is 1. The van der Waals surface area contributed by atoms with E-state index in [0.29, 0.717) is 5.69 Å². The van der Waals surface area contributed by atoms with Gasteiger partial charge >= 0.3 is 6.18 Å². The molecule has 222 valence electrons. The summed E-state index contributed by atoms with van der Waals surface area (Å²) in [5.74, 6) is -0.461. The van der Waals surface area contributed by atoms with Crippen molar-refractivity contribution in [2.45, 2.75) is 37.1 Å². The Morgan fingerprint density at radius 3 is 2.42 bits per heavy atom. The summed E-state index contributed by atoms with van der Waals surface area (Å²) >= 11 is 0. The molecule has 2 aliphatic heterocycles. The van der Waals surface area contributed by atoms with Crippen LogP contribution in [0.3, 0.4) is 0 Å². The number of aryl methyl sites for hydroxylation is 2. The lowest BCUT2D eigenvalue weighted by atomic mass is 10.00. The molecular weight excluding hydrogens is 585 g/mol. The van der Waals surface area contributed by atoms with Gasteiger partial charge in [-0.2, -0.15) is 18.2 Å². The van der Waals surface area contributed by atoms with Gasteiger partial charge in [-0.05, 0) is 55.3 Å². The summed E-state index contributed by atoms with van der Waals surface area (Å²) in [6, 6.07) is 14.4. The first-order valence-electron chi connectivity index (χ1n) is 13.2. The molecule has 10 nitrogen and oxygen atoms in total. The van der Waals surface area contributed by atoms with Crippen molar-refractivity contribution in [3.8, 4) is 17.1 Å². The van der Waals surface area contributed by atoms with Gasteiger partial charge in [-0.25, -0.2) is 23.1 Å². The Morgan fingerprint density at radius 2 is 1.72 bits per heavy atom. The van der Waals surface area contributed by atoms with Gasteiger partial charge in [-0.15, -0.1) is 0 Å². The monoisotopic (exact) mass is 610 g/mol. The zero-order valence-electron chi connectivity index (χ0n) is 22.9. The Balaban J connectivity index is 1.44. The summed E-state index contributed by atoms with van der Waals surface area (Å²) < 4.78 is 74.6. The molecular formula is C29H25F3N6O4S. The van der Waals surface area contributed by atoms with E-state index in [1.165, 1.54) is 30.3 Å². The number of benzene rings is 2. The number of nitrogens with zero attached hydrogens (tertiary/aromatic N) is 4. The molecule has 0 radical (unpaired) electrons. The smallest absolute Gasteiger partial charge is 0.417 e. The second-order valence-corrected chi connectivity index (χ2v) is 12.0. The van der Waals surface area contributed by atoms with Crippen molar-refractivity contribution in [2.75, 3.05) is 22.7 Å². The SMILES string of the molecule is Cc1cccc(C)c1-c1cc2nc(n1)NS(=O)(=O)c1cccc(c1)C(=O)N[C@@H]1CN(c3ccc(C(F)(F)F)cn3)C[C@H]1O2. The number of nitrogens with one attached hydrogen (secondary N) is 2. The van der Waals surface area contributed by atoms with Crippen molar-refractivity contribution in [1.29, 1.82) is 0 Å². The summed E-state index contributed by atoms with van der Waals surface area (Å²) in [5, 5.41) is 2.89. The van der Waals surface area contributed by atoms with Gasteiger partial charge in [0.1, 0.15) is 11.9 Å². The van der Waals surface area contributed by atoms with Crippen LogP contribution in [0.25, 0.3) is 11.3 Å². The molecule has 14 heteroatoms. The van der Waals surface area contributed by atoms with Gasteiger partial charge in [0, 0.05) is 29.9 Å². The van der Waals surface area contributed by atoms with Crippen LogP contribution in [0.2, 0.25) is 0 Å². The molecule has 2 aromatic heterocycles. The second kappa shape index (κ2) is 10.5. The Hall–Kier alpha value is -4.72. The van der Waals surface area contributed by atoms with E-state index < -0.39 is 39.8 Å². The normalized spacial score (nSPS) is 19.6. The number of hydrogen-bond donors (Lipinski definition) is 2. The molecule has 2 aromatic carbocycles. The number of aromatic nitrogens is 3. The number of rotatable bonds is 2. The number of halogens is 3. The average molecular weight is 611 g/mol. The van der Waals surface area contributed by atoms with Crippen LogP contribution in [0, 0.1) is 13.8 Å². The molecule has 2 N–H and O–H groups in total. The third-order valence-electron chi connectivity index (χ3n) is 7.33. The molecule has 4 aromatic rings. The van der Waals surface area contributed by atoms with E-state index in [-0.39, 0.29) is 41.2 Å². The Bertz CT molecular complexity index is 1810. The topological polar surface area (TPSA) is 126 Å². The molecule has 0 saturated carbocycles. The first-order chi connectivity index (χ1) is 20.4. The van der Waals surface area contributed by atoms with Crippen LogP contribution in [-0.4, -0.2) is 54.5 Å². The van der Waals surface area contributed by atoms with E-state index in [9.17, 15) is 26.4 Å². The van der Waals surface area contributed by atoms with Gasteiger partial charge < -0.3 is 15.0 Å². The fourth-order valence-electron chi connectivity index (χ4n) is 5.23. The lowest BCUT2D eigenvalue weighted by molar-refractivity contribution is -0.137. The summed E-state index contributed by atoms with van der Waals surface area (Å²) in [5.41, 5.74) is 2.20. The number of carbonyl (C=O) groups excluding carboxylic acids is 1. The van der Waals surface area contributed by atoms with Gasteiger partial charge in [-0.1, -0.05) is 24.3 Å². The van der Waals surface area contributed by atoms with Crippen LogP contribution in [0.1, 0.15) is 27.0 Å². The fourth-order valence-corrected chi connectivity index (χ4v) is 6.22. The lowest BCUT2D eigenvalue weighted by Crippen LogP contribution is -2.45. The number of sulfonamides is 1. The van der Waals surface area contributed by atoms with Gasteiger partial charge in [0.25, 0.3) is 15.9 Å². The summed E-state index contributed by atoms with van der Waals surface area (Å²) in [7, 11) is -4.19. The Labute approximate surface area is 245 Å². The van der Waals surface area contributed by atoms with Crippen LogP contribution in [-0.2, 0) is 16.2 Å². The summed E-state index contributed by atoms with van der Waals surface area (Å²) in [6.07, 6.45) is -4.51. The third kappa shape index (κ3) is 5.69. The minimum absolute atomic E-state index is 0.0442. The van der Waals surface area contributed by atoms with Crippen molar-refractivity contribution in [3.05, 3.63) is 89.1 Å². The minimum atomic E-state index is -4.53. The molecule has 6 rings (SSSR count). The fraction of sp³-hybridized carbons (Fsp3) is 0.241. The zero-order valence-corrected chi connectivity index (χ0v) is 23.7. The standard InChI is InChI=1S/C29H25F3N6O4S/c1-16-5-3-6-17(2)26(16)21-12-25-36-28(35-21)37-43(40,41)20-8-4-7-18(11-20)27(39)34-22-14-38(15-23(22)42-25)24-10-9-19(13-33-24)29(30,31)32/h3-13,22-23H,14-15H2,1-2H3,(H,34,39)(H,35,36,37)/t22-,23-/m1/s1. The molecule has 2 atom stereocenters. The molecule has 43 heavy (non-hydrogen) atoms. The van der Waals surface area contributed by atoms with Crippen LogP contribution in [0.5, 0.6) is 5.88 Å². The van der Waals surface area contributed by atoms with Crippen molar-refractivity contribution in [2.24, 2.45) is 0 Å². The molecule has 1 saturated heterocycles. The van der Waals surface area contributed by atoms with E-state index in [4.69, 9.17) is 4.74 Å². The highest BCUT2D eigenvalue weighted by molar-refractivity contribution is 7.92. The Morgan fingerprint density at radius 1 is 0.977 bits per heavy atom. The van der Waals surface area contributed by atoms with Crippen molar-refractivity contribution in [3.63, 3.8) is 0 Å². The molecule has 4 heterocycles. The highest BCUT2D eigenvalue weighted by Gasteiger charge is 2.38. The van der Waals surface area contributed by atoms with Crippen molar-refractivity contribution in [1.82, 2.24) is 20.3 Å². The second-order valence-electron chi connectivity index (χ2n) is 10.4. The zero-order chi connectivity index (χ0) is 30.5. The maximum Gasteiger partial charge on any atom is 0.417 e. The quantitative estimate of drug-likeness (QED) is 0.343. The highest BCUT2D eigenvalue weighted by Crippen LogP contribution is 2.32. The molecule has 0 aliphatic carbocycles. The first-order valence-corrected chi connectivity index (χ1v) is 14.7. The summed E-state index contributed by atoms with van der Waals surface area (Å²) in [6.45, 7) is 4.11. The Kier molecular flexibility index (Phi) is 6.95. The van der Waals surface area contributed by atoms with Crippen molar-refractivity contribution < 1.29 is 31.1 Å². The predicted molar refractivity (Wildman–Crippen MR) is 151 cm³/mol. The molecule has 1 fully saturated rings. The number of amides is 1. The van der Waals surface area contributed by atoms with Crippen LogP contribution in [0.15, 0.2) is 71.8 Å². The molecule has 2 aliphatic rings. The molecule has 0 unspecified atom stereocenters. The number of fused-ring (bicyclic) bond motifs is 5. The van der Waals surface area contributed by atoms with Crippen LogP contribution in [0.4, 0.5) is 24.9 Å². The number of pyridine rings is 1. The van der Waals surface area contributed by atoms with E-state index in [1.54, 1.807) is 11.0 Å². The average Bonchev–Trinajstić information content (AvgIpc) is 3.33. The van der Waals surface area contributed by atoms with Crippen molar-refractivity contribution >= 4 is 27.7 Å². The number of anilines is 2. The third-order valence-corrected chi connectivity index (χ3v) is 8.65. The number of hydrogen-bond acceptors (Lipinski definition) is 8. The van der Waals surface area contributed by atoms with Crippen LogP contribution < -0.4 is 19.7 Å². The van der Waals surface area contributed by atoms with Gasteiger partial charge in [0.05, 0.1) is 28.7 Å². The van der Waals surface area contributed by atoms with Gasteiger partial charge in [0.2, 0.25) is 11.8 Å². The number of ether oxygens (including phenoxy) is 1. The lowest BCUT2D eigenvalue weighted by Gasteiger charge is -2.21. The minimum Gasteiger partial charge on any atom is -0.470 e. The van der Waals surface area contributed by atoms with E-state index in [1.807, 2.05) is 32.0 Å². The van der Waals surface area contributed by atoms with Gasteiger partial charge in [-0.3, -0.25) is 4.79 Å². The maximum atomic E-state index is 13.3. The predicted octanol–water partition coefficient (Wildman–Crippen LogP) is 4.35. The largest absolute Gasteiger partial charge is 0.470 e. The van der Waals surface area contributed by atoms with E-state index >= 15 is 0 Å². The summed E-state index contributed by atoms with van der Waals surface area (Å²) in [4.78, 5) is 27.6. The van der Waals surface area contributed by atoms with Gasteiger partial charge in [0.15, 0.2) is 0 Å². The molecule has 1 amide bonds. The maximum absolute atomic E-state index is 13.3. The first kappa shape index (κ1) is 28.4. The van der Waals surface area contributed by atoms with Crippen LogP contribution >= 0.6 is 0 Å².